The SMILES string of the molecule is CCn1ncnc1COc1ccc(Br)cc1CNC(C)C. The zero-order chi connectivity index (χ0) is 15.2. The van der Waals surface area contributed by atoms with Crippen molar-refractivity contribution in [2.75, 3.05) is 0 Å². The number of hydrogen-bond donors (Lipinski definition) is 1. The van der Waals surface area contributed by atoms with Crippen LogP contribution in [0.2, 0.25) is 0 Å². The molecule has 6 heteroatoms. The molecule has 0 aliphatic carbocycles. The van der Waals surface area contributed by atoms with E-state index >= 15 is 0 Å². The summed E-state index contributed by atoms with van der Waals surface area (Å²) in [5.74, 6) is 1.71. The fourth-order valence-corrected chi connectivity index (χ4v) is 2.36. The molecular weight excluding hydrogens is 332 g/mol. The van der Waals surface area contributed by atoms with E-state index in [1.807, 2.05) is 23.7 Å². The fourth-order valence-electron chi connectivity index (χ4n) is 1.95. The van der Waals surface area contributed by atoms with Crippen LogP contribution >= 0.6 is 15.9 Å². The Balaban J connectivity index is 2.08. The van der Waals surface area contributed by atoms with Crippen molar-refractivity contribution < 1.29 is 4.74 Å². The van der Waals surface area contributed by atoms with Crippen molar-refractivity contribution in [1.29, 1.82) is 0 Å². The van der Waals surface area contributed by atoms with Gasteiger partial charge in [-0.15, -0.1) is 0 Å². The zero-order valence-corrected chi connectivity index (χ0v) is 14.2. The number of nitrogens with zero attached hydrogens (tertiary/aromatic N) is 3. The van der Waals surface area contributed by atoms with Gasteiger partial charge in [0.25, 0.3) is 0 Å². The summed E-state index contributed by atoms with van der Waals surface area (Å²) < 4.78 is 8.81. The van der Waals surface area contributed by atoms with Crippen molar-refractivity contribution in [3.05, 3.63) is 40.4 Å². The van der Waals surface area contributed by atoms with Crippen molar-refractivity contribution in [3.8, 4) is 5.75 Å². The van der Waals surface area contributed by atoms with E-state index in [0.717, 1.165) is 34.7 Å². The molecule has 0 spiro atoms. The van der Waals surface area contributed by atoms with Gasteiger partial charge in [-0.05, 0) is 25.1 Å². The van der Waals surface area contributed by atoms with Gasteiger partial charge in [0.15, 0.2) is 5.82 Å². The van der Waals surface area contributed by atoms with E-state index in [4.69, 9.17) is 4.74 Å². The van der Waals surface area contributed by atoms with Gasteiger partial charge in [0, 0.05) is 29.2 Å². The molecule has 0 aliphatic heterocycles. The van der Waals surface area contributed by atoms with Crippen molar-refractivity contribution in [1.82, 2.24) is 20.1 Å². The number of ether oxygens (including phenoxy) is 1. The Morgan fingerprint density at radius 2 is 2.19 bits per heavy atom. The van der Waals surface area contributed by atoms with E-state index in [2.05, 4.69) is 51.2 Å². The number of hydrogen-bond acceptors (Lipinski definition) is 4. The highest BCUT2D eigenvalue weighted by Gasteiger charge is 2.08. The molecule has 0 amide bonds. The first kappa shape index (κ1) is 16.0. The fraction of sp³-hybridized carbons (Fsp3) is 0.467. The van der Waals surface area contributed by atoms with E-state index in [-0.39, 0.29) is 0 Å². The summed E-state index contributed by atoms with van der Waals surface area (Å²) in [7, 11) is 0. The third kappa shape index (κ3) is 4.54. The van der Waals surface area contributed by atoms with Crippen LogP contribution in [0.5, 0.6) is 5.75 Å². The Kier molecular flexibility index (Phi) is 5.76. The van der Waals surface area contributed by atoms with Gasteiger partial charge >= 0.3 is 0 Å². The maximum absolute atomic E-state index is 5.93. The monoisotopic (exact) mass is 352 g/mol. The molecule has 1 aromatic heterocycles. The van der Waals surface area contributed by atoms with Crippen LogP contribution in [0.4, 0.5) is 0 Å². The first-order chi connectivity index (χ1) is 10.1. The predicted octanol–water partition coefficient (Wildman–Crippen LogP) is 3.14. The van der Waals surface area contributed by atoms with Crippen molar-refractivity contribution in [2.45, 2.75) is 46.5 Å². The van der Waals surface area contributed by atoms with Gasteiger partial charge in [-0.1, -0.05) is 29.8 Å². The second kappa shape index (κ2) is 7.56. The van der Waals surface area contributed by atoms with Gasteiger partial charge in [-0.25, -0.2) is 9.67 Å². The van der Waals surface area contributed by atoms with Crippen LogP contribution in [0, 0.1) is 0 Å². The van der Waals surface area contributed by atoms with Crippen LogP contribution < -0.4 is 10.1 Å². The molecule has 0 atom stereocenters. The quantitative estimate of drug-likeness (QED) is 0.831. The lowest BCUT2D eigenvalue weighted by atomic mass is 10.2. The van der Waals surface area contributed by atoms with E-state index in [1.54, 1.807) is 6.33 Å². The Bertz CT molecular complexity index is 583. The number of halogens is 1. The smallest absolute Gasteiger partial charge is 0.164 e. The lowest BCUT2D eigenvalue weighted by molar-refractivity contribution is 0.283. The van der Waals surface area contributed by atoms with Gasteiger partial charge in [0.1, 0.15) is 18.7 Å². The lowest BCUT2D eigenvalue weighted by Gasteiger charge is -2.14. The number of rotatable bonds is 7. The Morgan fingerprint density at radius 1 is 1.38 bits per heavy atom. The summed E-state index contributed by atoms with van der Waals surface area (Å²) in [6, 6.07) is 6.47. The molecule has 0 radical (unpaired) electrons. The van der Waals surface area contributed by atoms with Gasteiger partial charge in [-0.3, -0.25) is 0 Å². The Labute approximate surface area is 133 Å². The number of nitrogens with one attached hydrogen (secondary N) is 1. The summed E-state index contributed by atoms with van der Waals surface area (Å²) in [5.41, 5.74) is 1.13. The molecule has 114 valence electrons. The molecule has 5 nitrogen and oxygen atoms in total. The summed E-state index contributed by atoms with van der Waals surface area (Å²) in [5, 5.41) is 7.56. The molecule has 0 saturated heterocycles. The molecule has 0 unspecified atom stereocenters. The maximum Gasteiger partial charge on any atom is 0.164 e. The van der Waals surface area contributed by atoms with Crippen LogP contribution in [-0.4, -0.2) is 20.8 Å². The molecule has 0 bridgehead atoms. The van der Waals surface area contributed by atoms with Crippen molar-refractivity contribution in [2.24, 2.45) is 0 Å². The van der Waals surface area contributed by atoms with Crippen molar-refractivity contribution in [3.63, 3.8) is 0 Å². The van der Waals surface area contributed by atoms with Crippen LogP contribution in [0.15, 0.2) is 29.0 Å². The molecule has 0 aliphatic rings. The lowest BCUT2D eigenvalue weighted by Crippen LogP contribution is -2.22. The second-order valence-electron chi connectivity index (χ2n) is 5.07. The van der Waals surface area contributed by atoms with Crippen LogP contribution in [-0.2, 0) is 19.7 Å². The summed E-state index contributed by atoms with van der Waals surface area (Å²) in [4.78, 5) is 4.23. The number of benzene rings is 1. The van der Waals surface area contributed by atoms with Gasteiger partial charge < -0.3 is 10.1 Å². The Morgan fingerprint density at radius 3 is 2.90 bits per heavy atom. The average molecular weight is 353 g/mol. The van der Waals surface area contributed by atoms with Crippen LogP contribution in [0.1, 0.15) is 32.2 Å². The molecule has 0 fully saturated rings. The zero-order valence-electron chi connectivity index (χ0n) is 12.6. The molecule has 1 heterocycles. The first-order valence-corrected chi connectivity index (χ1v) is 7.90. The topological polar surface area (TPSA) is 52.0 Å². The van der Waals surface area contributed by atoms with E-state index in [0.29, 0.717) is 12.6 Å². The van der Waals surface area contributed by atoms with Crippen LogP contribution in [0.25, 0.3) is 0 Å². The van der Waals surface area contributed by atoms with Gasteiger partial charge in [0.05, 0.1) is 0 Å². The summed E-state index contributed by atoms with van der Waals surface area (Å²) >= 11 is 3.51. The highest BCUT2D eigenvalue weighted by molar-refractivity contribution is 9.10. The minimum absolute atomic E-state index is 0.421. The van der Waals surface area contributed by atoms with E-state index in [9.17, 15) is 0 Å². The molecule has 1 aromatic carbocycles. The second-order valence-corrected chi connectivity index (χ2v) is 5.98. The molecular formula is C15H21BrN4O. The molecule has 0 saturated carbocycles. The molecule has 2 rings (SSSR count). The molecule has 21 heavy (non-hydrogen) atoms. The largest absolute Gasteiger partial charge is 0.485 e. The van der Waals surface area contributed by atoms with Crippen molar-refractivity contribution >= 4 is 15.9 Å². The van der Waals surface area contributed by atoms with Crippen LogP contribution in [0.3, 0.4) is 0 Å². The molecule has 2 aromatic rings. The highest BCUT2D eigenvalue weighted by Crippen LogP contribution is 2.24. The van der Waals surface area contributed by atoms with Gasteiger partial charge in [0.2, 0.25) is 0 Å². The first-order valence-electron chi connectivity index (χ1n) is 7.11. The summed E-state index contributed by atoms with van der Waals surface area (Å²) in [6.07, 6.45) is 1.56. The average Bonchev–Trinajstić information content (AvgIpc) is 2.91. The Hall–Kier alpha value is -1.40. The minimum atomic E-state index is 0.421. The third-order valence-corrected chi connectivity index (χ3v) is 3.57. The summed E-state index contributed by atoms with van der Waals surface area (Å²) in [6.45, 7) is 8.28. The highest BCUT2D eigenvalue weighted by atomic mass is 79.9. The maximum atomic E-state index is 5.93. The minimum Gasteiger partial charge on any atom is -0.485 e. The molecule has 1 N–H and O–H groups in total. The number of aromatic nitrogens is 3. The predicted molar refractivity (Wildman–Crippen MR) is 86.1 cm³/mol. The van der Waals surface area contributed by atoms with E-state index < -0.39 is 0 Å². The standard InChI is InChI=1S/C15H21BrN4O/c1-4-20-15(18-10-19-20)9-21-14-6-5-13(16)7-12(14)8-17-11(2)3/h5-7,10-11,17H,4,8-9H2,1-3H3. The number of aryl methyl sites for hydroxylation is 1. The third-order valence-electron chi connectivity index (χ3n) is 3.08. The van der Waals surface area contributed by atoms with Gasteiger partial charge in [-0.2, -0.15) is 5.10 Å². The normalized spacial score (nSPS) is 11.1. The van der Waals surface area contributed by atoms with E-state index in [1.165, 1.54) is 0 Å².